The second kappa shape index (κ2) is 10.2. The van der Waals surface area contributed by atoms with E-state index >= 15 is 0 Å². The molecule has 4 bridgehead atoms. The van der Waals surface area contributed by atoms with Crippen LogP contribution in [0.25, 0.3) is 0 Å². The van der Waals surface area contributed by atoms with Gasteiger partial charge in [0.1, 0.15) is 18.0 Å². The van der Waals surface area contributed by atoms with Gasteiger partial charge in [0.15, 0.2) is 0 Å². The van der Waals surface area contributed by atoms with Crippen molar-refractivity contribution in [3.63, 3.8) is 0 Å². The molecule has 5 fully saturated rings. The maximum atomic E-state index is 13.6. The van der Waals surface area contributed by atoms with Crippen molar-refractivity contribution in [1.29, 1.82) is 0 Å². The first-order valence-electron chi connectivity index (χ1n) is 14.0. The number of aliphatic hydroxyl groups is 1. The van der Waals surface area contributed by atoms with Gasteiger partial charge in [0.25, 0.3) is 5.91 Å². The average molecular weight is 520 g/mol. The van der Waals surface area contributed by atoms with Crippen LogP contribution in [0.3, 0.4) is 0 Å². The molecule has 2 heterocycles. The number of carboxylic acid groups (broad SMARTS) is 1. The van der Waals surface area contributed by atoms with Gasteiger partial charge in [-0.2, -0.15) is 4.98 Å². The van der Waals surface area contributed by atoms with Crippen molar-refractivity contribution in [2.45, 2.75) is 69.6 Å². The van der Waals surface area contributed by atoms with Gasteiger partial charge < -0.3 is 25.2 Å². The molecule has 3 atom stereocenters. The SMILES string of the molecule is O=C(O)C[C@@H]1CCCN(c2ccc(C(=O)NC3C4CC5CC3CC(O)(C5)C4)c(OCc3ccccc3)n2)C1. The first-order chi connectivity index (χ1) is 18.3. The number of nitrogens with zero attached hydrogens (tertiary/aromatic N) is 2. The summed E-state index contributed by atoms with van der Waals surface area (Å²) < 4.78 is 6.16. The number of hydrogen-bond acceptors (Lipinski definition) is 6. The van der Waals surface area contributed by atoms with Crippen LogP contribution in [0.15, 0.2) is 42.5 Å². The molecule has 0 spiro atoms. The highest BCUT2D eigenvalue weighted by Gasteiger charge is 2.55. The number of aliphatic carboxylic acids is 1. The van der Waals surface area contributed by atoms with Gasteiger partial charge in [-0.25, -0.2) is 0 Å². The Balaban J connectivity index is 1.22. The number of benzene rings is 1. The molecular formula is C30H37N3O5. The van der Waals surface area contributed by atoms with Crippen LogP contribution in [0, 0.1) is 23.7 Å². The highest BCUT2D eigenvalue weighted by atomic mass is 16.5. The molecular weight excluding hydrogens is 482 g/mol. The molecule has 7 rings (SSSR count). The third-order valence-corrected chi connectivity index (χ3v) is 9.15. The van der Waals surface area contributed by atoms with E-state index in [1.54, 1.807) is 6.07 Å². The maximum Gasteiger partial charge on any atom is 0.303 e. The number of piperidine rings is 1. The zero-order chi connectivity index (χ0) is 26.3. The Hall–Kier alpha value is -3.13. The van der Waals surface area contributed by atoms with Gasteiger partial charge in [0.2, 0.25) is 5.88 Å². The molecule has 2 unspecified atom stereocenters. The molecule has 1 aromatic carbocycles. The summed E-state index contributed by atoms with van der Waals surface area (Å²) in [7, 11) is 0. The van der Waals surface area contributed by atoms with Crippen LogP contribution in [0.1, 0.15) is 67.3 Å². The Morgan fingerprint density at radius 1 is 1.08 bits per heavy atom. The van der Waals surface area contributed by atoms with Gasteiger partial charge in [-0.15, -0.1) is 0 Å². The van der Waals surface area contributed by atoms with Crippen LogP contribution in [0.5, 0.6) is 5.88 Å². The normalized spacial score (nSPS) is 31.7. The summed E-state index contributed by atoms with van der Waals surface area (Å²) in [5.74, 6) is 1.33. The first kappa shape index (κ1) is 25.2. The molecule has 0 radical (unpaired) electrons. The molecule has 202 valence electrons. The number of nitrogens with one attached hydrogen (secondary N) is 1. The average Bonchev–Trinajstić information content (AvgIpc) is 2.89. The van der Waals surface area contributed by atoms with Crippen molar-refractivity contribution in [1.82, 2.24) is 10.3 Å². The van der Waals surface area contributed by atoms with E-state index in [2.05, 4.69) is 10.2 Å². The molecule has 4 aliphatic carbocycles. The molecule has 1 amide bonds. The van der Waals surface area contributed by atoms with E-state index in [1.807, 2.05) is 36.4 Å². The molecule has 3 N–H and O–H groups in total. The lowest BCUT2D eigenvalue weighted by atomic mass is 9.52. The summed E-state index contributed by atoms with van der Waals surface area (Å²) in [6.45, 7) is 1.71. The predicted molar refractivity (Wildman–Crippen MR) is 142 cm³/mol. The van der Waals surface area contributed by atoms with Gasteiger partial charge in [-0.1, -0.05) is 30.3 Å². The lowest BCUT2D eigenvalue weighted by Gasteiger charge is -2.58. The zero-order valence-electron chi connectivity index (χ0n) is 21.7. The van der Waals surface area contributed by atoms with Crippen LogP contribution in [0.4, 0.5) is 5.82 Å². The largest absolute Gasteiger partial charge is 0.481 e. The summed E-state index contributed by atoms with van der Waals surface area (Å²) in [5, 5.41) is 23.5. The van der Waals surface area contributed by atoms with E-state index in [1.165, 1.54) is 0 Å². The summed E-state index contributed by atoms with van der Waals surface area (Å²) in [6, 6.07) is 13.5. The molecule has 1 aromatic heterocycles. The quantitative estimate of drug-likeness (QED) is 0.483. The van der Waals surface area contributed by atoms with Crippen molar-refractivity contribution in [2.24, 2.45) is 23.7 Å². The molecule has 2 aromatic rings. The van der Waals surface area contributed by atoms with Crippen LogP contribution in [0.2, 0.25) is 0 Å². The van der Waals surface area contributed by atoms with Crippen molar-refractivity contribution < 1.29 is 24.5 Å². The van der Waals surface area contributed by atoms with E-state index in [4.69, 9.17) is 9.72 Å². The highest BCUT2D eigenvalue weighted by molar-refractivity contribution is 5.97. The minimum atomic E-state index is -0.777. The molecule has 8 heteroatoms. The van der Waals surface area contributed by atoms with Crippen LogP contribution in [-0.4, -0.2) is 51.8 Å². The Morgan fingerprint density at radius 3 is 2.55 bits per heavy atom. The van der Waals surface area contributed by atoms with E-state index in [0.29, 0.717) is 48.2 Å². The monoisotopic (exact) mass is 519 g/mol. The first-order valence-corrected chi connectivity index (χ1v) is 14.0. The number of anilines is 1. The van der Waals surface area contributed by atoms with Gasteiger partial charge in [0.05, 0.1) is 5.60 Å². The summed E-state index contributed by atoms with van der Waals surface area (Å²) in [5.41, 5.74) is 0.855. The third-order valence-electron chi connectivity index (χ3n) is 9.15. The molecule has 8 nitrogen and oxygen atoms in total. The van der Waals surface area contributed by atoms with Gasteiger partial charge >= 0.3 is 5.97 Å². The summed E-state index contributed by atoms with van der Waals surface area (Å²) >= 11 is 0. The number of pyridine rings is 1. The van der Waals surface area contributed by atoms with E-state index in [0.717, 1.165) is 57.1 Å². The fourth-order valence-electron chi connectivity index (χ4n) is 7.75. The van der Waals surface area contributed by atoms with Crippen LogP contribution < -0.4 is 15.0 Å². The Labute approximate surface area is 223 Å². The highest BCUT2D eigenvalue weighted by Crippen LogP contribution is 2.55. The van der Waals surface area contributed by atoms with Gasteiger partial charge in [-0.3, -0.25) is 9.59 Å². The number of amides is 1. The number of aromatic nitrogens is 1. The van der Waals surface area contributed by atoms with E-state index < -0.39 is 11.6 Å². The number of carbonyl (C=O) groups excluding carboxylic acids is 1. The Morgan fingerprint density at radius 2 is 1.84 bits per heavy atom. The Kier molecular flexibility index (Phi) is 6.76. The van der Waals surface area contributed by atoms with Crippen molar-refractivity contribution in [3.05, 3.63) is 53.6 Å². The van der Waals surface area contributed by atoms with Gasteiger partial charge in [-0.05, 0) is 86.3 Å². The van der Waals surface area contributed by atoms with Crippen LogP contribution in [-0.2, 0) is 11.4 Å². The summed E-state index contributed by atoms with van der Waals surface area (Å²) in [6.07, 6.45) is 6.54. The maximum absolute atomic E-state index is 13.6. The Bertz CT molecular complexity index is 1170. The third kappa shape index (κ3) is 5.23. The fraction of sp³-hybridized carbons (Fsp3) is 0.567. The lowest BCUT2D eigenvalue weighted by Crippen LogP contribution is -2.61. The van der Waals surface area contributed by atoms with Crippen molar-refractivity contribution >= 4 is 17.7 Å². The fourth-order valence-corrected chi connectivity index (χ4v) is 7.75. The van der Waals surface area contributed by atoms with E-state index in [-0.39, 0.29) is 24.3 Å². The second-order valence-corrected chi connectivity index (χ2v) is 12.0. The van der Waals surface area contributed by atoms with Crippen LogP contribution >= 0.6 is 0 Å². The van der Waals surface area contributed by atoms with E-state index in [9.17, 15) is 19.8 Å². The van der Waals surface area contributed by atoms with Crippen molar-refractivity contribution in [3.8, 4) is 5.88 Å². The molecule has 38 heavy (non-hydrogen) atoms. The topological polar surface area (TPSA) is 112 Å². The number of carbonyl (C=O) groups is 2. The number of ether oxygens (including phenoxy) is 1. The number of rotatable bonds is 8. The van der Waals surface area contributed by atoms with Crippen molar-refractivity contribution in [2.75, 3.05) is 18.0 Å². The predicted octanol–water partition coefficient (Wildman–Crippen LogP) is 4.02. The minimum Gasteiger partial charge on any atom is -0.481 e. The minimum absolute atomic E-state index is 0.0693. The van der Waals surface area contributed by atoms with Gasteiger partial charge in [0, 0.05) is 25.6 Å². The molecule has 5 aliphatic rings. The lowest BCUT2D eigenvalue weighted by molar-refractivity contribution is -0.138. The molecule has 1 saturated heterocycles. The number of carboxylic acids is 1. The molecule has 1 aliphatic heterocycles. The molecule has 4 saturated carbocycles. The number of hydrogen-bond donors (Lipinski definition) is 3. The standard InChI is InChI=1S/C30H37N3O5/c34-26(35)13-20-7-4-10-33(17-20)25-9-8-24(29(31-25)38-18-19-5-2-1-3-6-19)28(36)32-27-22-11-21-12-23(27)16-30(37,14-21)15-22/h1-3,5-6,8-9,20-23,27,37H,4,7,10-18H2,(H,32,36)(H,34,35)/t20-,21?,22?,23?,27?,30?/m0/s1. The second-order valence-electron chi connectivity index (χ2n) is 12.0. The zero-order valence-corrected chi connectivity index (χ0v) is 21.7. The smallest absolute Gasteiger partial charge is 0.303 e. The summed E-state index contributed by atoms with van der Waals surface area (Å²) in [4.78, 5) is 31.8.